The molecule has 0 saturated heterocycles. The Morgan fingerprint density at radius 2 is 2.04 bits per heavy atom. The molecule has 124 valence electrons. The monoisotopic (exact) mass is 336 g/mol. The van der Waals surface area contributed by atoms with Gasteiger partial charge >= 0.3 is 6.55 Å². The smallest absolute Gasteiger partial charge is 0.288 e. The highest BCUT2D eigenvalue weighted by Gasteiger charge is 2.19. The highest BCUT2D eigenvalue weighted by atomic mass is 19.3. The number of hydrogen-bond acceptors (Lipinski definition) is 4. The third-order valence-electron chi connectivity index (χ3n) is 3.14. The second kappa shape index (κ2) is 6.52. The molecular weight excluding hydrogens is 325 g/mol. The van der Waals surface area contributed by atoms with Gasteiger partial charge in [0.1, 0.15) is 17.8 Å². The molecule has 0 atom stereocenters. The Balaban J connectivity index is 1.71. The van der Waals surface area contributed by atoms with Gasteiger partial charge < -0.3 is 0 Å². The van der Waals surface area contributed by atoms with Gasteiger partial charge in [0.15, 0.2) is 0 Å². The van der Waals surface area contributed by atoms with Crippen LogP contribution in [0.5, 0.6) is 0 Å². The molecule has 24 heavy (non-hydrogen) atoms. The van der Waals surface area contributed by atoms with Gasteiger partial charge in [-0.1, -0.05) is 18.2 Å². The van der Waals surface area contributed by atoms with Gasteiger partial charge in [0.25, 0.3) is 5.91 Å². The first-order valence-electron chi connectivity index (χ1n) is 6.80. The van der Waals surface area contributed by atoms with E-state index >= 15 is 0 Å². The Morgan fingerprint density at radius 1 is 1.25 bits per heavy atom. The summed E-state index contributed by atoms with van der Waals surface area (Å²) >= 11 is 0. The van der Waals surface area contributed by atoms with E-state index in [-0.39, 0.29) is 28.7 Å². The summed E-state index contributed by atoms with van der Waals surface area (Å²) in [6.45, 7) is -2.82. The molecule has 2 heterocycles. The van der Waals surface area contributed by atoms with Crippen LogP contribution in [0.4, 0.5) is 19.1 Å². The number of carbonyl (C=O) groups excluding carboxylic acids is 1. The summed E-state index contributed by atoms with van der Waals surface area (Å²) in [6, 6.07) is 7.32. The Morgan fingerprint density at radius 3 is 2.79 bits per heavy atom. The normalized spacial score (nSPS) is 11.0. The fourth-order valence-electron chi connectivity index (χ4n) is 2.04. The number of nitrogens with one attached hydrogen (secondary N) is 1. The number of halogens is 3. The summed E-state index contributed by atoms with van der Waals surface area (Å²) in [7, 11) is 0. The average molecular weight is 336 g/mol. The van der Waals surface area contributed by atoms with Gasteiger partial charge in [0.05, 0.1) is 6.54 Å². The first kappa shape index (κ1) is 15.7. The van der Waals surface area contributed by atoms with Crippen LogP contribution in [-0.4, -0.2) is 30.5 Å². The fraction of sp³-hybridized carbons (Fsp3) is 0.143. The molecule has 1 aromatic carbocycles. The molecule has 10 heteroatoms. The third-order valence-corrected chi connectivity index (χ3v) is 3.14. The van der Waals surface area contributed by atoms with Crippen LogP contribution in [0.3, 0.4) is 0 Å². The predicted octanol–water partition coefficient (Wildman–Crippen LogP) is 2.31. The molecular formula is C14H11F3N6O. The van der Waals surface area contributed by atoms with E-state index < -0.39 is 12.5 Å². The maximum absolute atomic E-state index is 13.6. The van der Waals surface area contributed by atoms with Crippen LogP contribution in [0.1, 0.15) is 22.6 Å². The van der Waals surface area contributed by atoms with E-state index in [9.17, 15) is 18.0 Å². The summed E-state index contributed by atoms with van der Waals surface area (Å²) < 4.78 is 40.6. The van der Waals surface area contributed by atoms with Crippen molar-refractivity contribution in [2.45, 2.75) is 13.1 Å². The van der Waals surface area contributed by atoms with E-state index in [1.165, 1.54) is 17.1 Å². The lowest BCUT2D eigenvalue weighted by atomic mass is 10.2. The summed E-state index contributed by atoms with van der Waals surface area (Å²) in [5.74, 6) is -1.30. The molecule has 3 aromatic rings. The second-order valence-corrected chi connectivity index (χ2v) is 4.75. The number of carbonyl (C=O) groups is 1. The van der Waals surface area contributed by atoms with Gasteiger partial charge in [-0.3, -0.25) is 10.1 Å². The number of aromatic nitrogens is 5. The molecule has 0 unspecified atom stereocenters. The number of rotatable bonds is 5. The second-order valence-electron chi connectivity index (χ2n) is 4.75. The van der Waals surface area contributed by atoms with Crippen LogP contribution in [0.25, 0.3) is 0 Å². The minimum Gasteiger partial charge on any atom is -0.288 e. The topological polar surface area (TPSA) is 77.6 Å². The average Bonchev–Trinajstić information content (AvgIpc) is 3.19. The lowest BCUT2D eigenvalue weighted by Gasteiger charge is -2.05. The Kier molecular flexibility index (Phi) is 4.27. The lowest BCUT2D eigenvalue weighted by molar-refractivity contribution is 0.0520. The van der Waals surface area contributed by atoms with Crippen LogP contribution in [0, 0.1) is 5.82 Å². The number of hydrogen-bond donors (Lipinski definition) is 1. The van der Waals surface area contributed by atoms with E-state index in [1.54, 1.807) is 18.2 Å². The van der Waals surface area contributed by atoms with Crippen molar-refractivity contribution in [3.63, 3.8) is 0 Å². The molecule has 0 radical (unpaired) electrons. The number of benzene rings is 1. The van der Waals surface area contributed by atoms with Crippen LogP contribution >= 0.6 is 0 Å². The maximum Gasteiger partial charge on any atom is 0.333 e. The van der Waals surface area contributed by atoms with Crippen molar-refractivity contribution in [3.8, 4) is 0 Å². The maximum atomic E-state index is 13.6. The zero-order valence-electron chi connectivity index (χ0n) is 12.1. The molecule has 3 rings (SSSR count). The van der Waals surface area contributed by atoms with Gasteiger partial charge in [0.2, 0.25) is 5.95 Å². The van der Waals surface area contributed by atoms with Crippen LogP contribution in [0.15, 0.2) is 42.9 Å². The van der Waals surface area contributed by atoms with E-state index in [4.69, 9.17) is 0 Å². The van der Waals surface area contributed by atoms with Gasteiger partial charge in [-0.2, -0.15) is 18.6 Å². The number of anilines is 1. The van der Waals surface area contributed by atoms with Crippen molar-refractivity contribution in [1.82, 2.24) is 24.5 Å². The quantitative estimate of drug-likeness (QED) is 0.776. The standard InChI is InChI=1S/C14H11F3N6O/c15-10-4-2-1-3-9(10)7-22-8-18-14(21-22)20-12(24)11-5-6-19-23(11)13(16)17/h1-6,8,13H,7H2,(H,20,21,24). The molecule has 0 bridgehead atoms. The molecule has 0 fully saturated rings. The third kappa shape index (κ3) is 3.26. The van der Waals surface area contributed by atoms with Crippen LogP contribution < -0.4 is 5.32 Å². The SMILES string of the molecule is O=C(Nc1ncn(Cc2ccccc2F)n1)c1ccnn1C(F)F. The van der Waals surface area contributed by atoms with E-state index in [1.807, 2.05) is 0 Å². The Labute approximate surface area is 133 Å². The molecule has 0 aliphatic heterocycles. The van der Waals surface area contributed by atoms with Crippen LogP contribution in [0.2, 0.25) is 0 Å². The highest BCUT2D eigenvalue weighted by molar-refractivity contribution is 6.01. The molecule has 0 aliphatic rings. The van der Waals surface area contributed by atoms with Crippen molar-refractivity contribution >= 4 is 11.9 Å². The Hall–Kier alpha value is -3.17. The van der Waals surface area contributed by atoms with Gasteiger partial charge in [-0.25, -0.2) is 14.1 Å². The van der Waals surface area contributed by atoms with Crippen molar-refractivity contribution in [3.05, 3.63) is 59.9 Å². The Bertz CT molecular complexity index is 860. The summed E-state index contributed by atoms with van der Waals surface area (Å²) in [6.07, 6.45) is 2.39. The van der Waals surface area contributed by atoms with Crippen molar-refractivity contribution in [1.29, 1.82) is 0 Å². The van der Waals surface area contributed by atoms with Gasteiger partial charge in [0, 0.05) is 11.8 Å². The van der Waals surface area contributed by atoms with Gasteiger partial charge in [-0.05, 0) is 12.1 Å². The number of amides is 1. The minimum absolute atomic E-state index is 0.0849. The predicted molar refractivity (Wildman–Crippen MR) is 77.0 cm³/mol. The first-order chi connectivity index (χ1) is 11.5. The molecule has 0 spiro atoms. The summed E-state index contributed by atoms with van der Waals surface area (Å²) in [4.78, 5) is 15.8. The van der Waals surface area contributed by atoms with E-state index in [0.29, 0.717) is 5.56 Å². The lowest BCUT2D eigenvalue weighted by Crippen LogP contribution is -2.19. The molecule has 1 amide bonds. The minimum atomic E-state index is -2.94. The number of alkyl halides is 2. The fourth-order valence-corrected chi connectivity index (χ4v) is 2.04. The zero-order chi connectivity index (χ0) is 17.1. The zero-order valence-corrected chi connectivity index (χ0v) is 12.1. The molecule has 0 saturated carbocycles. The van der Waals surface area contributed by atoms with Crippen molar-refractivity contribution in [2.75, 3.05) is 5.32 Å². The van der Waals surface area contributed by atoms with Crippen molar-refractivity contribution in [2.24, 2.45) is 0 Å². The van der Waals surface area contributed by atoms with Gasteiger partial charge in [-0.15, -0.1) is 5.10 Å². The summed E-state index contributed by atoms with van der Waals surface area (Å²) in [5, 5.41) is 9.62. The summed E-state index contributed by atoms with van der Waals surface area (Å²) in [5.41, 5.74) is 0.0755. The molecule has 2 aromatic heterocycles. The highest BCUT2D eigenvalue weighted by Crippen LogP contribution is 2.13. The largest absolute Gasteiger partial charge is 0.333 e. The molecule has 7 nitrogen and oxygen atoms in total. The molecule has 0 aliphatic carbocycles. The van der Waals surface area contributed by atoms with E-state index in [2.05, 4.69) is 20.5 Å². The number of nitrogens with zero attached hydrogens (tertiary/aromatic N) is 5. The first-order valence-corrected chi connectivity index (χ1v) is 6.80. The van der Waals surface area contributed by atoms with E-state index in [0.717, 1.165) is 12.3 Å². The van der Waals surface area contributed by atoms with Crippen molar-refractivity contribution < 1.29 is 18.0 Å². The van der Waals surface area contributed by atoms with Crippen LogP contribution in [-0.2, 0) is 6.54 Å². The molecule has 1 N–H and O–H groups in total.